The van der Waals surface area contributed by atoms with Crippen molar-refractivity contribution in [1.29, 1.82) is 0 Å². The minimum Gasteiger partial charge on any atom is -0.472 e. The lowest BCUT2D eigenvalue weighted by Gasteiger charge is -2.07. The number of aromatic amines is 2. The highest BCUT2D eigenvalue weighted by molar-refractivity contribution is 5.95. The molecule has 0 bridgehead atoms. The number of fused-ring (bicyclic) bond motifs is 2. The summed E-state index contributed by atoms with van der Waals surface area (Å²) in [7, 11) is 0. The van der Waals surface area contributed by atoms with Crippen LogP contribution in [0.15, 0.2) is 96.2 Å². The van der Waals surface area contributed by atoms with E-state index in [1.54, 1.807) is 31.1 Å². The molecule has 39 heavy (non-hydrogen) atoms. The lowest BCUT2D eigenvalue weighted by Crippen LogP contribution is -2.14. The van der Waals surface area contributed by atoms with Crippen molar-refractivity contribution in [3.05, 3.63) is 97.3 Å². The number of nitrogens with zero attached hydrogens (tertiary/aromatic N) is 5. The average molecular weight is 513 g/mol. The molecule has 10 nitrogen and oxygen atoms in total. The summed E-state index contributed by atoms with van der Waals surface area (Å²) >= 11 is 0. The lowest BCUT2D eigenvalue weighted by atomic mass is 10.1. The summed E-state index contributed by atoms with van der Waals surface area (Å²) in [6, 6.07) is 19.0. The van der Waals surface area contributed by atoms with Gasteiger partial charge in [0.2, 0.25) is 5.91 Å². The zero-order chi connectivity index (χ0) is 26.2. The van der Waals surface area contributed by atoms with E-state index >= 15 is 0 Å². The van der Waals surface area contributed by atoms with Gasteiger partial charge in [0.05, 0.1) is 47.6 Å². The third-order valence-electron chi connectivity index (χ3n) is 6.38. The molecule has 0 saturated heterocycles. The number of imidazole rings is 1. The summed E-state index contributed by atoms with van der Waals surface area (Å²) in [5, 5.41) is 10.4. The first-order valence-electron chi connectivity index (χ1n) is 12.2. The predicted molar refractivity (Wildman–Crippen MR) is 146 cm³/mol. The molecule has 0 spiro atoms. The Morgan fingerprint density at radius 1 is 0.974 bits per heavy atom. The van der Waals surface area contributed by atoms with Crippen LogP contribution in [0, 0.1) is 0 Å². The molecule has 0 aliphatic heterocycles. The normalized spacial score (nSPS) is 11.3. The van der Waals surface area contributed by atoms with Gasteiger partial charge in [0.15, 0.2) is 17.2 Å². The molecule has 3 N–H and O–H groups in total. The summed E-state index contributed by atoms with van der Waals surface area (Å²) in [4.78, 5) is 34.2. The van der Waals surface area contributed by atoms with Gasteiger partial charge in [-0.1, -0.05) is 30.3 Å². The number of amides is 1. The maximum absolute atomic E-state index is 12.6. The van der Waals surface area contributed by atoms with Crippen molar-refractivity contribution in [3.63, 3.8) is 0 Å². The van der Waals surface area contributed by atoms with Crippen molar-refractivity contribution >= 4 is 33.8 Å². The van der Waals surface area contributed by atoms with Crippen LogP contribution in [0.5, 0.6) is 0 Å². The van der Waals surface area contributed by atoms with Crippen LogP contribution < -0.4 is 5.32 Å². The molecular formula is C29H20N8O2. The van der Waals surface area contributed by atoms with Gasteiger partial charge < -0.3 is 14.7 Å². The zero-order valence-electron chi connectivity index (χ0n) is 20.4. The van der Waals surface area contributed by atoms with E-state index in [-0.39, 0.29) is 12.3 Å². The van der Waals surface area contributed by atoms with E-state index in [1.807, 2.05) is 60.7 Å². The molecule has 0 atom stereocenters. The smallest absolute Gasteiger partial charge is 0.228 e. The molecule has 0 radical (unpaired) electrons. The van der Waals surface area contributed by atoms with Gasteiger partial charge in [-0.15, -0.1) is 0 Å². The first-order chi connectivity index (χ1) is 19.2. The third-order valence-corrected chi connectivity index (χ3v) is 6.38. The van der Waals surface area contributed by atoms with Gasteiger partial charge in [0, 0.05) is 29.1 Å². The highest BCUT2D eigenvalue weighted by Crippen LogP contribution is 2.31. The maximum atomic E-state index is 12.6. The van der Waals surface area contributed by atoms with Crippen LogP contribution in [-0.2, 0) is 11.2 Å². The van der Waals surface area contributed by atoms with E-state index in [2.05, 4.69) is 35.5 Å². The van der Waals surface area contributed by atoms with E-state index in [0.29, 0.717) is 34.1 Å². The fourth-order valence-corrected chi connectivity index (χ4v) is 4.54. The van der Waals surface area contributed by atoms with Crippen molar-refractivity contribution in [2.75, 3.05) is 5.32 Å². The number of hydrogen-bond donors (Lipinski definition) is 3. The Labute approximate surface area is 221 Å². The van der Waals surface area contributed by atoms with Crippen LogP contribution >= 0.6 is 0 Å². The van der Waals surface area contributed by atoms with Gasteiger partial charge in [-0.05, 0) is 35.9 Å². The van der Waals surface area contributed by atoms with Crippen LogP contribution in [0.1, 0.15) is 5.56 Å². The Hall–Kier alpha value is -5.64. The Kier molecular flexibility index (Phi) is 5.40. The van der Waals surface area contributed by atoms with Crippen molar-refractivity contribution < 1.29 is 9.21 Å². The molecule has 7 aromatic rings. The minimum absolute atomic E-state index is 0.117. The number of benzene rings is 1. The molecule has 1 amide bonds. The largest absolute Gasteiger partial charge is 0.472 e. The summed E-state index contributed by atoms with van der Waals surface area (Å²) in [6.07, 6.45) is 8.63. The number of pyridine rings is 3. The van der Waals surface area contributed by atoms with Crippen LogP contribution in [0.3, 0.4) is 0 Å². The Balaban J connectivity index is 1.21. The van der Waals surface area contributed by atoms with Crippen LogP contribution in [0.25, 0.3) is 56.1 Å². The maximum Gasteiger partial charge on any atom is 0.228 e. The molecule has 7 rings (SSSR count). The Morgan fingerprint density at radius 3 is 2.77 bits per heavy atom. The fourth-order valence-electron chi connectivity index (χ4n) is 4.54. The average Bonchev–Trinajstić information content (AvgIpc) is 3.73. The molecule has 0 unspecified atom stereocenters. The van der Waals surface area contributed by atoms with E-state index < -0.39 is 0 Å². The highest BCUT2D eigenvalue weighted by atomic mass is 16.3. The number of carbonyl (C=O) groups is 1. The second kappa shape index (κ2) is 9.34. The Bertz CT molecular complexity index is 1940. The van der Waals surface area contributed by atoms with Crippen molar-refractivity contribution in [3.8, 4) is 33.9 Å². The Morgan fingerprint density at radius 2 is 1.90 bits per heavy atom. The van der Waals surface area contributed by atoms with Gasteiger partial charge in [-0.2, -0.15) is 5.10 Å². The number of furan rings is 1. The quantitative estimate of drug-likeness (QED) is 0.271. The van der Waals surface area contributed by atoms with Crippen molar-refractivity contribution in [2.24, 2.45) is 0 Å². The molecule has 1 aromatic carbocycles. The number of aromatic nitrogens is 7. The lowest BCUT2D eigenvalue weighted by molar-refractivity contribution is -0.115. The van der Waals surface area contributed by atoms with Crippen molar-refractivity contribution in [1.82, 2.24) is 35.1 Å². The van der Waals surface area contributed by atoms with Crippen molar-refractivity contribution in [2.45, 2.75) is 6.42 Å². The van der Waals surface area contributed by atoms with E-state index in [0.717, 1.165) is 33.3 Å². The number of hydrogen-bond acceptors (Lipinski definition) is 7. The first-order valence-corrected chi connectivity index (χ1v) is 12.2. The monoisotopic (exact) mass is 512 g/mol. The number of nitrogens with one attached hydrogen (secondary N) is 3. The van der Waals surface area contributed by atoms with E-state index in [4.69, 9.17) is 9.40 Å². The first kappa shape index (κ1) is 22.5. The highest BCUT2D eigenvalue weighted by Gasteiger charge is 2.18. The van der Waals surface area contributed by atoms with Gasteiger partial charge >= 0.3 is 0 Å². The summed E-state index contributed by atoms with van der Waals surface area (Å²) in [6.45, 7) is 0. The van der Waals surface area contributed by atoms with Gasteiger partial charge in [0.25, 0.3) is 0 Å². The van der Waals surface area contributed by atoms with Gasteiger partial charge in [-0.25, -0.2) is 15.0 Å². The van der Waals surface area contributed by atoms with Crippen LogP contribution in [0.2, 0.25) is 0 Å². The second-order valence-corrected chi connectivity index (χ2v) is 8.99. The molecule has 188 valence electrons. The molecule has 6 aromatic heterocycles. The number of rotatable bonds is 6. The molecule has 0 fully saturated rings. The predicted octanol–water partition coefficient (Wildman–Crippen LogP) is 5.40. The molecule has 0 aliphatic rings. The number of H-pyrrole nitrogens is 2. The third kappa shape index (κ3) is 4.29. The fraction of sp³-hybridized carbons (Fsp3) is 0.0345. The molecule has 10 heteroatoms. The van der Waals surface area contributed by atoms with E-state index in [1.165, 1.54) is 0 Å². The minimum atomic E-state index is -0.117. The van der Waals surface area contributed by atoms with Gasteiger partial charge in [-0.3, -0.25) is 14.9 Å². The summed E-state index contributed by atoms with van der Waals surface area (Å²) in [5.41, 5.74) is 8.17. The number of carbonyl (C=O) groups excluding carboxylic acids is 1. The summed E-state index contributed by atoms with van der Waals surface area (Å²) in [5.74, 6) is 0.429. The molecule has 0 saturated carbocycles. The van der Waals surface area contributed by atoms with Gasteiger partial charge in [0.1, 0.15) is 5.52 Å². The SMILES string of the molecule is O=C(Cc1ccccc1)Nc1cncc(-c2ccc3[nH]nc(-c4nc5nccc(-c6ccoc6)c5[nH]4)c3n2)c1. The van der Waals surface area contributed by atoms with Crippen LogP contribution in [0.4, 0.5) is 5.69 Å². The zero-order valence-corrected chi connectivity index (χ0v) is 20.4. The molecule has 6 heterocycles. The topological polar surface area (TPSA) is 138 Å². The standard InChI is InChI=1S/C29H20N8O2/c38-24(12-17-4-2-1-3-5-17)32-20-13-19(14-30-15-20)22-6-7-23-26(33-22)27(37-36-23)29-34-25-21(18-9-11-39-16-18)8-10-31-28(25)35-29/h1-11,13-16H,12H2,(H,32,38)(H,36,37)(H,31,34,35). The second-order valence-electron chi connectivity index (χ2n) is 8.99. The molecular weight excluding hydrogens is 492 g/mol. The summed E-state index contributed by atoms with van der Waals surface area (Å²) < 4.78 is 5.26. The molecule has 0 aliphatic carbocycles. The van der Waals surface area contributed by atoms with Crippen LogP contribution in [-0.4, -0.2) is 41.0 Å². The van der Waals surface area contributed by atoms with E-state index in [9.17, 15) is 4.79 Å². The number of anilines is 1.